The summed E-state index contributed by atoms with van der Waals surface area (Å²) in [6, 6.07) is 0. The SMILES string of the molecule is O=[C]OCCCCCCCCCCCCOC=O. The van der Waals surface area contributed by atoms with Crippen molar-refractivity contribution >= 4 is 12.9 Å². The highest BCUT2D eigenvalue weighted by Gasteiger charge is 1.93. The summed E-state index contributed by atoms with van der Waals surface area (Å²) < 4.78 is 9.11. The van der Waals surface area contributed by atoms with Crippen LogP contribution >= 0.6 is 0 Å². The van der Waals surface area contributed by atoms with Crippen molar-refractivity contribution in [3.05, 3.63) is 0 Å². The minimum atomic E-state index is 0.506. The number of rotatable bonds is 15. The van der Waals surface area contributed by atoms with E-state index in [1.54, 1.807) is 0 Å². The predicted octanol–water partition coefficient (Wildman–Crippen LogP) is 3.14. The topological polar surface area (TPSA) is 52.6 Å². The Morgan fingerprint density at radius 1 is 0.722 bits per heavy atom. The number of unbranched alkanes of at least 4 members (excludes halogenated alkanes) is 9. The molecule has 4 heteroatoms. The van der Waals surface area contributed by atoms with Crippen LogP contribution in [0.25, 0.3) is 0 Å². The molecule has 0 aromatic carbocycles. The van der Waals surface area contributed by atoms with E-state index in [0.717, 1.165) is 25.7 Å². The molecular formula is C14H25O4. The second-order valence-corrected chi connectivity index (χ2v) is 4.43. The Morgan fingerprint density at radius 2 is 1.17 bits per heavy atom. The molecule has 0 saturated carbocycles. The van der Waals surface area contributed by atoms with E-state index in [0.29, 0.717) is 19.7 Å². The second-order valence-electron chi connectivity index (χ2n) is 4.43. The zero-order valence-corrected chi connectivity index (χ0v) is 11.2. The third-order valence-electron chi connectivity index (χ3n) is 2.89. The van der Waals surface area contributed by atoms with Gasteiger partial charge in [-0.2, -0.15) is 0 Å². The first-order valence-electron chi connectivity index (χ1n) is 6.96. The fourth-order valence-corrected chi connectivity index (χ4v) is 1.86. The molecule has 105 valence electrons. The Labute approximate surface area is 110 Å². The molecule has 0 amide bonds. The fraction of sp³-hybridized carbons (Fsp3) is 0.857. The summed E-state index contributed by atoms with van der Waals surface area (Å²) in [6.45, 7) is 3.01. The third kappa shape index (κ3) is 14.9. The maximum Gasteiger partial charge on any atom is 0.417 e. The van der Waals surface area contributed by atoms with Crippen LogP contribution in [0.3, 0.4) is 0 Å². The van der Waals surface area contributed by atoms with Gasteiger partial charge in [0.05, 0.1) is 13.2 Å². The van der Waals surface area contributed by atoms with E-state index >= 15 is 0 Å². The summed E-state index contributed by atoms with van der Waals surface area (Å²) in [6.07, 6.45) is 11.7. The Morgan fingerprint density at radius 3 is 1.61 bits per heavy atom. The van der Waals surface area contributed by atoms with Crippen LogP contribution in [-0.4, -0.2) is 26.2 Å². The smallest absolute Gasteiger partial charge is 0.417 e. The first kappa shape index (κ1) is 16.9. The minimum Gasteiger partial charge on any atom is -0.468 e. The Kier molecular flexibility index (Phi) is 15.0. The Balaban J connectivity index is 2.90. The van der Waals surface area contributed by atoms with Crippen LogP contribution in [-0.2, 0) is 19.1 Å². The van der Waals surface area contributed by atoms with Gasteiger partial charge < -0.3 is 9.47 Å². The molecule has 0 heterocycles. The Hall–Kier alpha value is -1.06. The normalized spacial score (nSPS) is 10.0. The molecule has 0 aromatic heterocycles. The summed E-state index contributed by atoms with van der Waals surface area (Å²) in [5.74, 6) is 0. The molecule has 0 aliphatic rings. The lowest BCUT2D eigenvalue weighted by Gasteiger charge is -2.02. The van der Waals surface area contributed by atoms with Crippen molar-refractivity contribution in [2.75, 3.05) is 13.2 Å². The van der Waals surface area contributed by atoms with E-state index in [-0.39, 0.29) is 0 Å². The second kappa shape index (κ2) is 15.9. The van der Waals surface area contributed by atoms with Crippen molar-refractivity contribution < 1.29 is 19.1 Å². The molecule has 0 saturated heterocycles. The molecule has 0 fully saturated rings. The Bertz CT molecular complexity index is 163. The van der Waals surface area contributed by atoms with E-state index in [9.17, 15) is 9.59 Å². The number of hydrogen-bond donors (Lipinski definition) is 0. The number of ether oxygens (including phenoxy) is 2. The van der Waals surface area contributed by atoms with E-state index in [4.69, 9.17) is 0 Å². The first-order valence-corrected chi connectivity index (χ1v) is 6.96. The zero-order valence-electron chi connectivity index (χ0n) is 11.2. The van der Waals surface area contributed by atoms with Gasteiger partial charge in [-0.1, -0.05) is 51.4 Å². The lowest BCUT2D eigenvalue weighted by atomic mass is 10.1. The molecule has 0 N–H and O–H groups in total. The van der Waals surface area contributed by atoms with Gasteiger partial charge in [-0.3, -0.25) is 4.79 Å². The highest BCUT2D eigenvalue weighted by molar-refractivity contribution is 5.38. The summed E-state index contributed by atoms with van der Waals surface area (Å²) in [4.78, 5) is 19.6. The van der Waals surface area contributed by atoms with Crippen molar-refractivity contribution in [2.24, 2.45) is 0 Å². The van der Waals surface area contributed by atoms with E-state index in [2.05, 4.69) is 9.47 Å². The number of carbonyl (C=O) groups excluding carboxylic acids is 2. The van der Waals surface area contributed by atoms with Gasteiger partial charge in [0.2, 0.25) is 0 Å². The van der Waals surface area contributed by atoms with Crippen LogP contribution < -0.4 is 0 Å². The van der Waals surface area contributed by atoms with E-state index in [1.165, 1.54) is 45.0 Å². The summed E-state index contributed by atoms with van der Waals surface area (Å²) in [5, 5.41) is 0. The van der Waals surface area contributed by atoms with E-state index in [1.807, 2.05) is 0 Å². The summed E-state index contributed by atoms with van der Waals surface area (Å²) in [7, 11) is 0. The molecule has 0 spiro atoms. The van der Waals surface area contributed by atoms with Gasteiger partial charge in [-0.25, -0.2) is 4.79 Å². The average molecular weight is 257 g/mol. The van der Waals surface area contributed by atoms with Gasteiger partial charge in [0.25, 0.3) is 6.47 Å². The van der Waals surface area contributed by atoms with Crippen molar-refractivity contribution in [3.63, 3.8) is 0 Å². The van der Waals surface area contributed by atoms with Crippen LogP contribution in [0.4, 0.5) is 0 Å². The molecule has 0 aliphatic carbocycles. The number of hydrogen-bond acceptors (Lipinski definition) is 4. The number of carbonyl (C=O) groups is 1. The lowest BCUT2D eigenvalue weighted by molar-refractivity contribution is -0.128. The monoisotopic (exact) mass is 257 g/mol. The predicted molar refractivity (Wildman–Crippen MR) is 69.8 cm³/mol. The molecule has 0 atom stereocenters. The first-order chi connectivity index (χ1) is 8.91. The van der Waals surface area contributed by atoms with Gasteiger partial charge in [0.1, 0.15) is 0 Å². The van der Waals surface area contributed by atoms with Crippen LogP contribution in [0.1, 0.15) is 64.2 Å². The minimum absolute atomic E-state index is 0.506. The molecule has 0 bridgehead atoms. The fourth-order valence-electron chi connectivity index (χ4n) is 1.86. The molecule has 0 rings (SSSR count). The molecule has 0 aromatic rings. The van der Waals surface area contributed by atoms with Crippen molar-refractivity contribution in [3.8, 4) is 0 Å². The van der Waals surface area contributed by atoms with Gasteiger partial charge in [-0.15, -0.1) is 0 Å². The maximum absolute atomic E-state index is 9.87. The van der Waals surface area contributed by atoms with Crippen LogP contribution in [0.15, 0.2) is 0 Å². The molecule has 0 aliphatic heterocycles. The van der Waals surface area contributed by atoms with Crippen molar-refractivity contribution in [1.82, 2.24) is 0 Å². The lowest BCUT2D eigenvalue weighted by Crippen LogP contribution is -1.92. The van der Waals surface area contributed by atoms with Crippen LogP contribution in [0, 0.1) is 0 Å². The molecule has 18 heavy (non-hydrogen) atoms. The van der Waals surface area contributed by atoms with Gasteiger partial charge in [0.15, 0.2) is 0 Å². The van der Waals surface area contributed by atoms with Crippen LogP contribution in [0.5, 0.6) is 0 Å². The zero-order chi connectivity index (χ0) is 13.3. The standard InChI is InChI=1S/C14H25O4/c15-13-17-11-9-7-5-3-1-2-4-6-8-10-12-18-14-16/h13H,1-12H2. The molecule has 1 radical (unpaired) electrons. The van der Waals surface area contributed by atoms with Crippen molar-refractivity contribution in [2.45, 2.75) is 64.2 Å². The maximum atomic E-state index is 9.87. The van der Waals surface area contributed by atoms with Gasteiger partial charge in [0, 0.05) is 0 Å². The van der Waals surface area contributed by atoms with Crippen LogP contribution in [0.2, 0.25) is 0 Å². The third-order valence-corrected chi connectivity index (χ3v) is 2.89. The highest BCUT2D eigenvalue weighted by Crippen LogP contribution is 2.10. The molecular weight excluding hydrogens is 232 g/mol. The van der Waals surface area contributed by atoms with E-state index < -0.39 is 0 Å². The average Bonchev–Trinajstić information content (AvgIpc) is 2.39. The van der Waals surface area contributed by atoms with Gasteiger partial charge >= 0.3 is 6.47 Å². The quantitative estimate of drug-likeness (QED) is 0.334. The largest absolute Gasteiger partial charge is 0.468 e. The van der Waals surface area contributed by atoms with Crippen molar-refractivity contribution in [1.29, 1.82) is 0 Å². The summed E-state index contributed by atoms with van der Waals surface area (Å²) in [5.41, 5.74) is 0. The van der Waals surface area contributed by atoms with Gasteiger partial charge in [-0.05, 0) is 12.8 Å². The molecule has 0 unspecified atom stereocenters. The molecule has 4 nitrogen and oxygen atoms in total. The highest BCUT2D eigenvalue weighted by atomic mass is 16.5. The summed E-state index contributed by atoms with van der Waals surface area (Å²) >= 11 is 0.